The number of aliphatic carboxylic acids is 1. The molecular weight excluding hydrogens is 218 g/mol. The van der Waals surface area contributed by atoms with Gasteiger partial charge in [0, 0.05) is 6.54 Å². The molecule has 0 bridgehead atoms. The van der Waals surface area contributed by atoms with Crippen molar-refractivity contribution in [1.29, 1.82) is 0 Å². The average molecular weight is 237 g/mol. The number of carboxylic acids is 1. The summed E-state index contributed by atoms with van der Waals surface area (Å²) in [6.07, 6.45) is 1.04. The molecule has 17 heavy (non-hydrogen) atoms. The van der Waals surface area contributed by atoms with E-state index in [1.807, 2.05) is 31.2 Å². The fraction of sp³-hybridized carbons (Fsp3) is 0.462. The third kappa shape index (κ3) is 5.92. The molecule has 4 heteroatoms. The third-order valence-electron chi connectivity index (χ3n) is 2.32. The molecule has 0 saturated carbocycles. The van der Waals surface area contributed by atoms with Gasteiger partial charge in [-0.15, -0.1) is 0 Å². The van der Waals surface area contributed by atoms with Crippen LogP contribution in [0.3, 0.4) is 0 Å². The predicted octanol–water partition coefficient (Wildman–Crippen LogP) is 1.69. The zero-order valence-corrected chi connectivity index (χ0v) is 10.1. The van der Waals surface area contributed by atoms with E-state index in [4.69, 9.17) is 9.84 Å². The molecule has 0 saturated heterocycles. The van der Waals surface area contributed by atoms with Crippen LogP contribution in [0.5, 0.6) is 5.75 Å². The molecule has 0 radical (unpaired) electrons. The second-order valence-corrected chi connectivity index (χ2v) is 3.72. The first kappa shape index (κ1) is 13.5. The van der Waals surface area contributed by atoms with E-state index in [1.165, 1.54) is 5.56 Å². The van der Waals surface area contributed by atoms with E-state index in [0.717, 1.165) is 18.7 Å². The van der Waals surface area contributed by atoms with Gasteiger partial charge in [-0.05, 0) is 37.6 Å². The molecule has 0 aliphatic rings. The van der Waals surface area contributed by atoms with Crippen molar-refractivity contribution in [2.24, 2.45) is 0 Å². The lowest BCUT2D eigenvalue weighted by molar-refractivity contribution is -0.136. The topological polar surface area (TPSA) is 58.6 Å². The predicted molar refractivity (Wildman–Crippen MR) is 66.4 cm³/mol. The van der Waals surface area contributed by atoms with Gasteiger partial charge in [0.1, 0.15) is 5.75 Å². The molecule has 0 amide bonds. The summed E-state index contributed by atoms with van der Waals surface area (Å²) in [6, 6.07) is 7.96. The lowest BCUT2D eigenvalue weighted by Crippen LogP contribution is -2.20. The van der Waals surface area contributed by atoms with Crippen molar-refractivity contribution in [2.45, 2.75) is 19.8 Å². The molecule has 0 aliphatic carbocycles. The molecule has 1 aromatic rings. The van der Waals surface area contributed by atoms with Crippen LogP contribution in [0, 0.1) is 0 Å². The maximum Gasteiger partial charge on any atom is 0.304 e. The van der Waals surface area contributed by atoms with Crippen molar-refractivity contribution in [3.05, 3.63) is 29.8 Å². The van der Waals surface area contributed by atoms with Gasteiger partial charge < -0.3 is 15.2 Å². The lowest BCUT2D eigenvalue weighted by Gasteiger charge is -2.06. The summed E-state index contributed by atoms with van der Waals surface area (Å²) < 4.78 is 5.41. The van der Waals surface area contributed by atoms with Crippen LogP contribution in [0.25, 0.3) is 0 Å². The van der Waals surface area contributed by atoms with Crippen molar-refractivity contribution in [2.75, 3.05) is 19.7 Å². The molecule has 0 unspecified atom stereocenters. The molecule has 94 valence electrons. The van der Waals surface area contributed by atoms with E-state index in [2.05, 4.69) is 5.32 Å². The van der Waals surface area contributed by atoms with E-state index >= 15 is 0 Å². The molecule has 1 rings (SSSR count). The number of hydrogen-bond acceptors (Lipinski definition) is 3. The van der Waals surface area contributed by atoms with Gasteiger partial charge >= 0.3 is 5.97 Å². The Bertz CT molecular complexity index is 352. The van der Waals surface area contributed by atoms with Crippen LogP contribution >= 0.6 is 0 Å². The lowest BCUT2D eigenvalue weighted by atomic mass is 10.1. The van der Waals surface area contributed by atoms with Crippen LogP contribution in [0.15, 0.2) is 24.3 Å². The zero-order valence-electron chi connectivity index (χ0n) is 10.1. The Labute approximate surface area is 102 Å². The quantitative estimate of drug-likeness (QED) is 0.675. The van der Waals surface area contributed by atoms with Crippen LogP contribution < -0.4 is 10.1 Å². The van der Waals surface area contributed by atoms with Gasteiger partial charge in [-0.3, -0.25) is 4.79 Å². The zero-order chi connectivity index (χ0) is 12.5. The van der Waals surface area contributed by atoms with Crippen molar-refractivity contribution in [3.63, 3.8) is 0 Å². The molecule has 4 nitrogen and oxygen atoms in total. The molecule has 0 aliphatic heterocycles. The van der Waals surface area contributed by atoms with Gasteiger partial charge in [0.05, 0.1) is 13.0 Å². The van der Waals surface area contributed by atoms with E-state index in [-0.39, 0.29) is 6.42 Å². The van der Waals surface area contributed by atoms with Crippen molar-refractivity contribution in [3.8, 4) is 5.75 Å². The number of rotatable bonds is 8. The van der Waals surface area contributed by atoms with Crippen LogP contribution in [-0.2, 0) is 11.2 Å². The maximum atomic E-state index is 10.3. The second-order valence-electron chi connectivity index (χ2n) is 3.72. The minimum absolute atomic E-state index is 0.166. The van der Waals surface area contributed by atoms with Gasteiger partial charge in [-0.2, -0.15) is 0 Å². The number of hydrogen-bond donors (Lipinski definition) is 2. The maximum absolute atomic E-state index is 10.3. The number of ether oxygens (including phenoxy) is 1. The monoisotopic (exact) mass is 237 g/mol. The van der Waals surface area contributed by atoms with Crippen molar-refractivity contribution in [1.82, 2.24) is 5.32 Å². The normalized spacial score (nSPS) is 10.2. The molecule has 1 aromatic carbocycles. The van der Waals surface area contributed by atoms with E-state index < -0.39 is 5.97 Å². The Balaban J connectivity index is 2.26. The minimum Gasteiger partial charge on any atom is -0.494 e. The summed E-state index contributed by atoms with van der Waals surface area (Å²) in [6.45, 7) is 3.92. The number of nitrogens with one attached hydrogen (secondary N) is 1. The summed E-state index contributed by atoms with van der Waals surface area (Å²) in [5, 5.41) is 11.6. The fourth-order valence-corrected chi connectivity index (χ4v) is 1.51. The van der Waals surface area contributed by atoms with Gasteiger partial charge in [0.15, 0.2) is 0 Å². The van der Waals surface area contributed by atoms with E-state index in [9.17, 15) is 4.79 Å². The summed E-state index contributed by atoms with van der Waals surface area (Å²) in [4.78, 5) is 10.3. The number of carbonyl (C=O) groups is 1. The summed E-state index contributed by atoms with van der Waals surface area (Å²) >= 11 is 0. The average Bonchev–Trinajstić information content (AvgIpc) is 2.29. The van der Waals surface area contributed by atoms with E-state index in [1.54, 1.807) is 0 Å². The summed E-state index contributed by atoms with van der Waals surface area (Å²) in [5.74, 6) is 0.117. The third-order valence-corrected chi connectivity index (χ3v) is 2.32. The summed E-state index contributed by atoms with van der Waals surface area (Å²) in [7, 11) is 0. The molecule has 0 aromatic heterocycles. The molecular formula is C13H19NO3. The highest BCUT2D eigenvalue weighted by atomic mass is 16.5. The summed E-state index contributed by atoms with van der Waals surface area (Å²) in [5.41, 5.74) is 1.19. The van der Waals surface area contributed by atoms with Gasteiger partial charge in [-0.25, -0.2) is 0 Å². The Morgan fingerprint density at radius 3 is 2.94 bits per heavy atom. The fourth-order valence-electron chi connectivity index (χ4n) is 1.51. The van der Waals surface area contributed by atoms with Crippen molar-refractivity contribution < 1.29 is 14.6 Å². The Morgan fingerprint density at radius 1 is 1.41 bits per heavy atom. The number of benzene rings is 1. The highest BCUT2D eigenvalue weighted by molar-refractivity contribution is 5.66. The SMILES string of the molecule is CCOc1cccc(CCNCCC(=O)O)c1. The minimum atomic E-state index is -0.768. The number of carboxylic acid groups (broad SMARTS) is 1. The Kier molecular flexibility index (Phi) is 6.10. The molecule has 0 heterocycles. The molecule has 0 atom stereocenters. The first-order chi connectivity index (χ1) is 8.22. The van der Waals surface area contributed by atoms with Gasteiger partial charge in [-0.1, -0.05) is 12.1 Å². The highest BCUT2D eigenvalue weighted by Crippen LogP contribution is 2.13. The first-order valence-corrected chi connectivity index (χ1v) is 5.86. The van der Waals surface area contributed by atoms with Crippen LogP contribution in [0.1, 0.15) is 18.9 Å². The largest absolute Gasteiger partial charge is 0.494 e. The highest BCUT2D eigenvalue weighted by Gasteiger charge is 1.98. The van der Waals surface area contributed by atoms with Crippen LogP contribution in [0.2, 0.25) is 0 Å². The van der Waals surface area contributed by atoms with Gasteiger partial charge in [0.25, 0.3) is 0 Å². The standard InChI is InChI=1S/C13H19NO3/c1-2-17-12-5-3-4-11(10-12)6-8-14-9-7-13(15)16/h3-5,10,14H,2,6-9H2,1H3,(H,15,16). The van der Waals surface area contributed by atoms with Crippen LogP contribution in [-0.4, -0.2) is 30.8 Å². The molecule has 2 N–H and O–H groups in total. The molecule has 0 fully saturated rings. The molecule has 0 spiro atoms. The van der Waals surface area contributed by atoms with Gasteiger partial charge in [0.2, 0.25) is 0 Å². The first-order valence-electron chi connectivity index (χ1n) is 5.86. The Morgan fingerprint density at radius 2 is 2.24 bits per heavy atom. The van der Waals surface area contributed by atoms with Crippen LogP contribution in [0.4, 0.5) is 0 Å². The Hall–Kier alpha value is -1.55. The second kappa shape index (κ2) is 7.68. The smallest absolute Gasteiger partial charge is 0.304 e. The van der Waals surface area contributed by atoms with E-state index in [0.29, 0.717) is 13.2 Å². The van der Waals surface area contributed by atoms with Crippen molar-refractivity contribution >= 4 is 5.97 Å².